The van der Waals surface area contributed by atoms with Crippen LogP contribution in [-0.4, -0.2) is 17.2 Å². The summed E-state index contributed by atoms with van der Waals surface area (Å²) in [6.45, 7) is 4.00. The number of nitriles is 1. The summed E-state index contributed by atoms with van der Waals surface area (Å²) in [7, 11) is -1.88. The van der Waals surface area contributed by atoms with E-state index >= 15 is 0 Å². The maximum atomic E-state index is 12.7. The zero-order chi connectivity index (χ0) is 11.1. The van der Waals surface area contributed by atoms with Crippen LogP contribution in [0.25, 0.3) is 0 Å². The van der Waals surface area contributed by atoms with E-state index in [1.54, 1.807) is 6.07 Å². The first kappa shape index (κ1) is 12.6. The third kappa shape index (κ3) is 3.17. The lowest BCUT2D eigenvalue weighted by molar-refractivity contribution is 0.423. The fourth-order valence-corrected chi connectivity index (χ4v) is 0.811. The highest BCUT2D eigenvalue weighted by molar-refractivity contribution is 6.58. The Morgan fingerprint density at radius 1 is 1.36 bits per heavy atom. The highest BCUT2D eigenvalue weighted by Gasteiger charge is 2.16. The van der Waals surface area contributed by atoms with Crippen molar-refractivity contribution < 1.29 is 14.4 Å². The average Bonchev–Trinajstić information content (AvgIpc) is 2.21. The number of hydrogen-bond acceptors (Lipinski definition) is 3. The molecule has 74 valence electrons. The van der Waals surface area contributed by atoms with E-state index in [-0.39, 0.29) is 11.0 Å². The lowest BCUT2D eigenvalue weighted by Crippen LogP contribution is -2.32. The second kappa shape index (κ2) is 6.14. The van der Waals surface area contributed by atoms with E-state index in [0.717, 1.165) is 12.1 Å². The van der Waals surface area contributed by atoms with Crippen LogP contribution in [0, 0.1) is 17.1 Å². The third-order valence-electron chi connectivity index (χ3n) is 1.40. The second-order valence-electron chi connectivity index (χ2n) is 2.22. The minimum atomic E-state index is -1.88. The smallest absolute Gasteiger partial charge is 0.423 e. The van der Waals surface area contributed by atoms with Crippen LogP contribution in [0.5, 0.6) is 0 Å². The van der Waals surface area contributed by atoms with Crippen LogP contribution >= 0.6 is 0 Å². The normalized spacial score (nSPS) is 8.29. The quantitative estimate of drug-likeness (QED) is 0.637. The summed E-state index contributed by atoms with van der Waals surface area (Å²) in [5, 5.41) is 25.7. The molecule has 0 spiro atoms. The highest BCUT2D eigenvalue weighted by atomic mass is 19.1. The fraction of sp³-hybridized carbons (Fsp3) is 0.222. The predicted molar refractivity (Wildman–Crippen MR) is 52.3 cm³/mol. The Labute approximate surface area is 82.6 Å². The lowest BCUT2D eigenvalue weighted by Gasteiger charge is -2.00. The van der Waals surface area contributed by atoms with E-state index in [9.17, 15) is 4.39 Å². The minimum absolute atomic E-state index is 0.194. The molecular weight excluding hydrogens is 184 g/mol. The Morgan fingerprint density at radius 2 is 1.93 bits per heavy atom. The summed E-state index contributed by atoms with van der Waals surface area (Å²) >= 11 is 0. The van der Waals surface area contributed by atoms with Crippen molar-refractivity contribution in [1.29, 1.82) is 5.26 Å². The Bertz CT molecular complexity index is 336. The van der Waals surface area contributed by atoms with Gasteiger partial charge in [0.2, 0.25) is 0 Å². The van der Waals surface area contributed by atoms with Crippen molar-refractivity contribution in [3.05, 3.63) is 29.6 Å². The summed E-state index contributed by atoms with van der Waals surface area (Å²) in [4.78, 5) is 0. The van der Waals surface area contributed by atoms with Crippen molar-refractivity contribution in [2.75, 3.05) is 0 Å². The van der Waals surface area contributed by atoms with Crippen LogP contribution in [0.2, 0.25) is 0 Å². The van der Waals surface area contributed by atoms with Crippen molar-refractivity contribution in [3.8, 4) is 6.07 Å². The van der Waals surface area contributed by atoms with Gasteiger partial charge in [-0.25, -0.2) is 4.39 Å². The van der Waals surface area contributed by atoms with Crippen LogP contribution in [0.1, 0.15) is 19.4 Å². The molecule has 0 aliphatic rings. The zero-order valence-corrected chi connectivity index (χ0v) is 8.03. The van der Waals surface area contributed by atoms with Gasteiger partial charge in [-0.05, 0) is 18.2 Å². The first-order valence-corrected chi connectivity index (χ1v) is 4.21. The Hall–Kier alpha value is -1.38. The lowest BCUT2D eigenvalue weighted by atomic mass is 9.79. The van der Waals surface area contributed by atoms with Gasteiger partial charge in [-0.2, -0.15) is 5.26 Å². The molecule has 5 heteroatoms. The fourth-order valence-electron chi connectivity index (χ4n) is 0.811. The molecule has 2 N–H and O–H groups in total. The maximum absolute atomic E-state index is 12.7. The van der Waals surface area contributed by atoms with E-state index < -0.39 is 12.9 Å². The first-order chi connectivity index (χ1) is 6.65. The summed E-state index contributed by atoms with van der Waals surface area (Å²) < 4.78 is 12.7. The molecule has 0 aromatic heterocycles. The van der Waals surface area contributed by atoms with Crippen molar-refractivity contribution in [2.45, 2.75) is 13.8 Å². The molecule has 1 rings (SSSR count). The molecular formula is C9H11BFNO2. The average molecular weight is 195 g/mol. The Morgan fingerprint density at radius 3 is 2.36 bits per heavy atom. The minimum Gasteiger partial charge on any atom is -0.423 e. The van der Waals surface area contributed by atoms with Crippen LogP contribution in [0.3, 0.4) is 0 Å². The molecule has 0 aliphatic heterocycles. The zero-order valence-electron chi connectivity index (χ0n) is 8.03. The Balaban J connectivity index is 0.000000791. The van der Waals surface area contributed by atoms with Crippen LogP contribution < -0.4 is 5.46 Å². The summed E-state index contributed by atoms with van der Waals surface area (Å²) in [6, 6.07) is 5.14. The predicted octanol–water partition coefficient (Wildman–Crippen LogP) is 0.403. The number of halogens is 1. The Kier molecular flexibility index (Phi) is 5.53. The van der Waals surface area contributed by atoms with Crippen molar-refractivity contribution >= 4 is 12.6 Å². The van der Waals surface area contributed by atoms with Gasteiger partial charge in [-0.15, -0.1) is 0 Å². The molecule has 0 aliphatic carbocycles. The highest BCUT2D eigenvalue weighted by Crippen LogP contribution is 1.99. The molecule has 0 unspecified atom stereocenters. The molecule has 1 aromatic carbocycles. The van der Waals surface area contributed by atoms with Crippen molar-refractivity contribution in [1.82, 2.24) is 0 Å². The molecule has 0 atom stereocenters. The summed E-state index contributed by atoms with van der Waals surface area (Å²) in [5.41, 5.74) is -0.0893. The largest absolute Gasteiger partial charge is 0.491 e. The van der Waals surface area contributed by atoms with Crippen molar-refractivity contribution in [3.63, 3.8) is 0 Å². The number of nitrogens with zero attached hydrogens (tertiary/aromatic N) is 1. The van der Waals surface area contributed by atoms with Gasteiger partial charge in [0.05, 0.1) is 11.6 Å². The van der Waals surface area contributed by atoms with E-state index in [1.165, 1.54) is 6.07 Å². The molecule has 0 heterocycles. The second-order valence-corrected chi connectivity index (χ2v) is 2.22. The summed E-state index contributed by atoms with van der Waals surface area (Å²) in [6.07, 6.45) is 0. The number of hydrogen-bond donors (Lipinski definition) is 2. The monoisotopic (exact) mass is 195 g/mol. The first-order valence-electron chi connectivity index (χ1n) is 4.21. The maximum Gasteiger partial charge on any atom is 0.491 e. The van der Waals surface area contributed by atoms with E-state index in [4.69, 9.17) is 15.3 Å². The van der Waals surface area contributed by atoms with Gasteiger partial charge in [-0.1, -0.05) is 13.8 Å². The molecule has 1 aromatic rings. The topological polar surface area (TPSA) is 64.2 Å². The molecule has 3 nitrogen and oxygen atoms in total. The number of benzene rings is 1. The molecule has 0 saturated carbocycles. The van der Waals surface area contributed by atoms with Gasteiger partial charge in [0, 0.05) is 5.46 Å². The van der Waals surface area contributed by atoms with Crippen LogP contribution in [-0.2, 0) is 0 Å². The molecule has 14 heavy (non-hydrogen) atoms. The molecule has 0 amide bonds. The van der Waals surface area contributed by atoms with Gasteiger partial charge in [-0.3, -0.25) is 0 Å². The van der Waals surface area contributed by atoms with E-state index in [2.05, 4.69) is 0 Å². The van der Waals surface area contributed by atoms with E-state index in [0.29, 0.717) is 0 Å². The van der Waals surface area contributed by atoms with Gasteiger partial charge in [0.25, 0.3) is 0 Å². The molecule has 0 bridgehead atoms. The van der Waals surface area contributed by atoms with Gasteiger partial charge in [0.15, 0.2) is 0 Å². The summed E-state index contributed by atoms with van der Waals surface area (Å²) in [5.74, 6) is -0.732. The SMILES string of the molecule is CC.N#Cc1ccc(F)c(B(O)O)c1. The van der Waals surface area contributed by atoms with Crippen LogP contribution in [0.15, 0.2) is 18.2 Å². The van der Waals surface area contributed by atoms with Gasteiger partial charge in [0.1, 0.15) is 5.82 Å². The standard InChI is InChI=1S/C7H5BFNO2.C2H6/c9-7-2-1-5(4-10)3-6(7)8(11)12;1-2/h1-3,11-12H;1-2H3. The van der Waals surface area contributed by atoms with Crippen molar-refractivity contribution in [2.24, 2.45) is 0 Å². The third-order valence-corrected chi connectivity index (χ3v) is 1.40. The van der Waals surface area contributed by atoms with Gasteiger partial charge < -0.3 is 10.0 Å². The number of rotatable bonds is 1. The molecule has 0 fully saturated rings. The molecule has 0 saturated heterocycles. The van der Waals surface area contributed by atoms with Crippen LogP contribution in [0.4, 0.5) is 4.39 Å². The molecule has 0 radical (unpaired) electrons. The van der Waals surface area contributed by atoms with Gasteiger partial charge >= 0.3 is 7.12 Å². The van der Waals surface area contributed by atoms with E-state index in [1.807, 2.05) is 13.8 Å².